The molecular formula is C13H11N3O. The minimum atomic E-state index is 0.394. The molecule has 2 rings (SSSR count). The van der Waals surface area contributed by atoms with Crippen molar-refractivity contribution >= 4 is 0 Å². The molecule has 0 spiro atoms. The Bertz CT molecular complexity index is 587. The molecule has 0 unspecified atom stereocenters. The number of rotatable bonds is 2. The average molecular weight is 225 g/mol. The van der Waals surface area contributed by atoms with E-state index in [4.69, 9.17) is 10.00 Å². The molecule has 4 nitrogen and oxygen atoms in total. The van der Waals surface area contributed by atoms with Crippen LogP contribution in [0.5, 0.6) is 5.88 Å². The molecule has 4 heteroatoms. The van der Waals surface area contributed by atoms with Crippen LogP contribution in [-0.2, 0) is 0 Å². The molecule has 0 amide bonds. The van der Waals surface area contributed by atoms with Crippen molar-refractivity contribution in [3.8, 4) is 23.1 Å². The van der Waals surface area contributed by atoms with Crippen molar-refractivity contribution in [1.29, 1.82) is 5.26 Å². The molecule has 0 saturated heterocycles. The van der Waals surface area contributed by atoms with Crippen molar-refractivity contribution in [3.05, 3.63) is 41.9 Å². The van der Waals surface area contributed by atoms with Crippen molar-refractivity contribution in [2.24, 2.45) is 0 Å². The maximum atomic E-state index is 8.90. The molecule has 0 N–H and O–H groups in total. The predicted octanol–water partition coefficient (Wildman–Crippen LogP) is 2.33. The summed E-state index contributed by atoms with van der Waals surface area (Å²) >= 11 is 0. The molecule has 0 radical (unpaired) electrons. The third-order valence-electron chi connectivity index (χ3n) is 2.34. The summed E-state index contributed by atoms with van der Waals surface area (Å²) in [6.07, 6.45) is 1.67. The number of aromatic nitrogens is 2. The van der Waals surface area contributed by atoms with Crippen LogP contribution in [0.25, 0.3) is 11.1 Å². The highest BCUT2D eigenvalue weighted by Gasteiger charge is 2.08. The second-order valence-corrected chi connectivity index (χ2v) is 3.55. The van der Waals surface area contributed by atoms with E-state index in [-0.39, 0.29) is 0 Å². The zero-order chi connectivity index (χ0) is 12.3. The molecule has 0 aliphatic heterocycles. The van der Waals surface area contributed by atoms with Gasteiger partial charge in [0.1, 0.15) is 11.8 Å². The summed E-state index contributed by atoms with van der Waals surface area (Å²) in [7, 11) is 1.57. The molecule has 0 aromatic carbocycles. The van der Waals surface area contributed by atoms with Crippen LogP contribution in [0.4, 0.5) is 0 Å². The van der Waals surface area contributed by atoms with Crippen LogP contribution in [0.1, 0.15) is 11.4 Å². The number of hydrogen-bond acceptors (Lipinski definition) is 4. The first kappa shape index (κ1) is 11.1. The predicted molar refractivity (Wildman–Crippen MR) is 63.5 cm³/mol. The van der Waals surface area contributed by atoms with Gasteiger partial charge in [0.2, 0.25) is 5.88 Å². The molecule has 0 aliphatic rings. The van der Waals surface area contributed by atoms with Gasteiger partial charge in [-0.05, 0) is 36.8 Å². The Kier molecular flexibility index (Phi) is 3.01. The quantitative estimate of drug-likeness (QED) is 0.787. The van der Waals surface area contributed by atoms with E-state index in [9.17, 15) is 0 Å². The standard InChI is InChI=1S/C13H11N3O/c1-9-6-10(7-11(8-14)16-9)12-4-3-5-15-13(12)17-2/h3-7H,1-2H3. The van der Waals surface area contributed by atoms with E-state index < -0.39 is 0 Å². The van der Waals surface area contributed by atoms with Crippen LogP contribution in [0.2, 0.25) is 0 Å². The normalized spacial score (nSPS) is 9.71. The molecule has 2 heterocycles. The van der Waals surface area contributed by atoms with Crippen LogP contribution < -0.4 is 4.74 Å². The lowest BCUT2D eigenvalue weighted by atomic mass is 10.1. The van der Waals surface area contributed by atoms with Gasteiger partial charge in [-0.25, -0.2) is 9.97 Å². The first-order valence-electron chi connectivity index (χ1n) is 5.13. The van der Waals surface area contributed by atoms with E-state index in [1.165, 1.54) is 0 Å². The van der Waals surface area contributed by atoms with Gasteiger partial charge >= 0.3 is 0 Å². The highest BCUT2D eigenvalue weighted by atomic mass is 16.5. The van der Waals surface area contributed by atoms with Gasteiger partial charge in [-0.1, -0.05) is 0 Å². The molecule has 0 saturated carbocycles. The number of ether oxygens (including phenoxy) is 1. The van der Waals surface area contributed by atoms with Crippen molar-refractivity contribution in [2.45, 2.75) is 6.92 Å². The molecule has 0 fully saturated rings. The van der Waals surface area contributed by atoms with Gasteiger partial charge in [0.05, 0.1) is 7.11 Å². The number of methoxy groups -OCH3 is 1. The lowest BCUT2D eigenvalue weighted by Gasteiger charge is -2.07. The highest BCUT2D eigenvalue weighted by molar-refractivity contribution is 5.69. The van der Waals surface area contributed by atoms with Crippen LogP contribution in [0.15, 0.2) is 30.5 Å². The minimum Gasteiger partial charge on any atom is -0.481 e. The van der Waals surface area contributed by atoms with Crippen molar-refractivity contribution in [2.75, 3.05) is 7.11 Å². The Balaban J connectivity index is 2.60. The van der Waals surface area contributed by atoms with Crippen LogP contribution in [0, 0.1) is 18.3 Å². The monoisotopic (exact) mass is 225 g/mol. The minimum absolute atomic E-state index is 0.394. The Morgan fingerprint density at radius 2 is 2.18 bits per heavy atom. The summed E-state index contributed by atoms with van der Waals surface area (Å²) in [5.74, 6) is 0.544. The molecule has 84 valence electrons. The zero-order valence-corrected chi connectivity index (χ0v) is 9.64. The van der Waals surface area contributed by atoms with E-state index in [2.05, 4.69) is 9.97 Å². The first-order valence-corrected chi connectivity index (χ1v) is 5.13. The third-order valence-corrected chi connectivity index (χ3v) is 2.34. The second-order valence-electron chi connectivity index (χ2n) is 3.55. The van der Waals surface area contributed by atoms with Crippen LogP contribution in [-0.4, -0.2) is 17.1 Å². The van der Waals surface area contributed by atoms with Crippen molar-refractivity contribution < 1.29 is 4.74 Å². The van der Waals surface area contributed by atoms with Crippen LogP contribution >= 0.6 is 0 Å². The Morgan fingerprint density at radius 1 is 1.35 bits per heavy atom. The summed E-state index contributed by atoms with van der Waals surface area (Å²) in [5.41, 5.74) is 2.94. The molecule has 0 atom stereocenters. The number of hydrogen-bond donors (Lipinski definition) is 0. The topological polar surface area (TPSA) is 58.8 Å². The fourth-order valence-corrected chi connectivity index (χ4v) is 1.65. The van der Waals surface area contributed by atoms with E-state index >= 15 is 0 Å². The van der Waals surface area contributed by atoms with Crippen LogP contribution in [0.3, 0.4) is 0 Å². The molecule has 0 bridgehead atoms. The van der Waals surface area contributed by atoms with Crippen molar-refractivity contribution in [3.63, 3.8) is 0 Å². The fraction of sp³-hybridized carbons (Fsp3) is 0.154. The van der Waals surface area contributed by atoms with Gasteiger partial charge in [0.25, 0.3) is 0 Å². The summed E-state index contributed by atoms with van der Waals surface area (Å²) in [4.78, 5) is 8.24. The van der Waals surface area contributed by atoms with Gasteiger partial charge < -0.3 is 4.74 Å². The number of aryl methyl sites for hydroxylation is 1. The number of nitrogens with zero attached hydrogens (tertiary/aromatic N) is 3. The van der Waals surface area contributed by atoms with Gasteiger partial charge in [-0.15, -0.1) is 0 Å². The fourth-order valence-electron chi connectivity index (χ4n) is 1.65. The van der Waals surface area contributed by atoms with E-state index in [0.29, 0.717) is 11.6 Å². The maximum Gasteiger partial charge on any atom is 0.221 e. The highest BCUT2D eigenvalue weighted by Crippen LogP contribution is 2.28. The smallest absolute Gasteiger partial charge is 0.221 e. The first-order chi connectivity index (χ1) is 8.24. The van der Waals surface area contributed by atoms with Crippen molar-refractivity contribution in [1.82, 2.24) is 9.97 Å². The van der Waals surface area contributed by atoms with Gasteiger partial charge in [0, 0.05) is 17.5 Å². The number of pyridine rings is 2. The SMILES string of the molecule is COc1ncccc1-c1cc(C)nc(C#N)c1. The third kappa shape index (κ3) is 2.23. The average Bonchev–Trinajstić information content (AvgIpc) is 2.37. The summed E-state index contributed by atoms with van der Waals surface area (Å²) < 4.78 is 5.20. The van der Waals surface area contributed by atoms with E-state index in [0.717, 1.165) is 16.8 Å². The van der Waals surface area contributed by atoms with E-state index in [1.54, 1.807) is 19.4 Å². The molecular weight excluding hydrogens is 214 g/mol. The van der Waals surface area contributed by atoms with Gasteiger partial charge in [0.15, 0.2) is 0 Å². The summed E-state index contributed by atoms with van der Waals surface area (Å²) in [6, 6.07) is 9.41. The van der Waals surface area contributed by atoms with Gasteiger partial charge in [-0.2, -0.15) is 5.26 Å². The summed E-state index contributed by atoms with van der Waals surface area (Å²) in [5, 5.41) is 8.90. The van der Waals surface area contributed by atoms with E-state index in [1.807, 2.05) is 31.2 Å². The molecule has 17 heavy (non-hydrogen) atoms. The largest absolute Gasteiger partial charge is 0.481 e. The molecule has 2 aromatic heterocycles. The van der Waals surface area contributed by atoms with Gasteiger partial charge in [-0.3, -0.25) is 0 Å². The zero-order valence-electron chi connectivity index (χ0n) is 9.64. The lowest BCUT2D eigenvalue weighted by Crippen LogP contribution is -1.93. The maximum absolute atomic E-state index is 8.90. The Hall–Kier alpha value is -2.41. The second kappa shape index (κ2) is 4.62. The molecule has 2 aromatic rings. The Labute approximate surface area is 99.5 Å². The number of nitriles is 1. The molecule has 0 aliphatic carbocycles. The lowest BCUT2D eigenvalue weighted by molar-refractivity contribution is 0.399. The summed E-state index contributed by atoms with van der Waals surface area (Å²) in [6.45, 7) is 1.85. The Morgan fingerprint density at radius 3 is 2.88 bits per heavy atom.